The zero-order valence-corrected chi connectivity index (χ0v) is 16.9. The third kappa shape index (κ3) is 3.73. The number of aromatic nitrogens is 2. The molecule has 29 heavy (non-hydrogen) atoms. The van der Waals surface area contributed by atoms with E-state index in [1.54, 1.807) is 30.6 Å². The van der Waals surface area contributed by atoms with Crippen molar-refractivity contribution in [2.75, 3.05) is 21.3 Å². The minimum atomic E-state index is -0.273. The molecule has 3 aromatic rings. The predicted molar refractivity (Wildman–Crippen MR) is 108 cm³/mol. The van der Waals surface area contributed by atoms with E-state index in [2.05, 4.69) is 15.3 Å². The van der Waals surface area contributed by atoms with Crippen LogP contribution in [0.4, 0.5) is 0 Å². The largest absolute Gasteiger partial charge is 0.493 e. The highest BCUT2D eigenvalue weighted by Gasteiger charge is 2.26. The molecule has 1 amide bonds. The zero-order chi connectivity index (χ0) is 20.4. The number of carbonyl (C=O) groups excluding carboxylic acids is 1. The molecule has 8 nitrogen and oxygen atoms in total. The van der Waals surface area contributed by atoms with Crippen molar-refractivity contribution >= 4 is 28.8 Å². The van der Waals surface area contributed by atoms with Crippen LogP contribution >= 0.6 is 11.8 Å². The molecule has 0 fully saturated rings. The van der Waals surface area contributed by atoms with E-state index in [-0.39, 0.29) is 11.2 Å². The molecule has 0 saturated heterocycles. The molecule has 0 aliphatic carbocycles. The maximum absolute atomic E-state index is 12.8. The summed E-state index contributed by atoms with van der Waals surface area (Å²) >= 11 is 1.49. The molecule has 1 aliphatic heterocycles. The second-order valence-corrected chi connectivity index (χ2v) is 7.42. The van der Waals surface area contributed by atoms with Crippen LogP contribution in [-0.4, -0.2) is 37.2 Å². The standard InChI is InChI=1S/C20H19N3O5S/c1-25-14-8-11(9-15(26-2)18(14)27-3)19(24)23-17-5-4-16(29-17)20-22-12-10-21-7-6-13(12)28-20/h5-10,16H,4H2,1-3H3,(H,23,24). The Bertz CT molecular complexity index is 1040. The minimum Gasteiger partial charge on any atom is -0.493 e. The number of benzene rings is 1. The van der Waals surface area contributed by atoms with Crippen molar-refractivity contribution in [3.05, 3.63) is 53.2 Å². The van der Waals surface area contributed by atoms with Gasteiger partial charge in [0.2, 0.25) is 11.6 Å². The third-order valence-electron chi connectivity index (χ3n) is 4.43. The van der Waals surface area contributed by atoms with Crippen molar-refractivity contribution in [3.63, 3.8) is 0 Å². The van der Waals surface area contributed by atoms with Gasteiger partial charge in [-0.05, 0) is 18.6 Å². The minimum absolute atomic E-state index is 0.00219. The number of thioether (sulfide) groups is 1. The topological polar surface area (TPSA) is 95.7 Å². The van der Waals surface area contributed by atoms with Crippen molar-refractivity contribution in [3.8, 4) is 17.2 Å². The first-order valence-electron chi connectivity index (χ1n) is 8.81. The van der Waals surface area contributed by atoms with Crippen molar-refractivity contribution in [1.82, 2.24) is 15.3 Å². The average Bonchev–Trinajstić information content (AvgIpc) is 3.39. The van der Waals surface area contributed by atoms with E-state index in [1.165, 1.54) is 33.1 Å². The average molecular weight is 413 g/mol. The van der Waals surface area contributed by atoms with E-state index in [9.17, 15) is 4.79 Å². The van der Waals surface area contributed by atoms with E-state index in [0.717, 1.165) is 10.5 Å². The van der Waals surface area contributed by atoms with Crippen LogP contribution in [0.3, 0.4) is 0 Å². The van der Waals surface area contributed by atoms with E-state index in [1.807, 2.05) is 6.08 Å². The first-order valence-corrected chi connectivity index (χ1v) is 9.69. The van der Waals surface area contributed by atoms with E-state index >= 15 is 0 Å². The molecule has 1 aliphatic rings. The summed E-state index contributed by atoms with van der Waals surface area (Å²) in [4.78, 5) is 21.3. The second kappa shape index (κ2) is 8.04. The summed E-state index contributed by atoms with van der Waals surface area (Å²) in [5.41, 5.74) is 1.82. The molecule has 9 heteroatoms. The summed E-state index contributed by atoms with van der Waals surface area (Å²) in [5.74, 6) is 1.62. The number of oxazole rings is 1. The molecule has 0 spiro atoms. The van der Waals surface area contributed by atoms with Crippen molar-refractivity contribution < 1.29 is 23.4 Å². The SMILES string of the molecule is COc1cc(C(=O)NC2=CCC(c3nc4cnccc4o3)S2)cc(OC)c1OC. The van der Waals surface area contributed by atoms with Gasteiger partial charge in [0.05, 0.1) is 37.8 Å². The van der Waals surface area contributed by atoms with E-state index in [0.29, 0.717) is 40.7 Å². The molecule has 1 N–H and O–H groups in total. The van der Waals surface area contributed by atoms with Gasteiger partial charge in [-0.25, -0.2) is 4.98 Å². The number of carbonyl (C=O) groups is 1. The first-order chi connectivity index (χ1) is 14.1. The Morgan fingerprint density at radius 1 is 1.21 bits per heavy atom. The van der Waals surface area contributed by atoms with Gasteiger partial charge in [-0.2, -0.15) is 0 Å². The predicted octanol–water partition coefficient (Wildman–Crippen LogP) is 3.70. The van der Waals surface area contributed by atoms with Crippen molar-refractivity contribution in [1.29, 1.82) is 0 Å². The number of pyridine rings is 1. The lowest BCUT2D eigenvalue weighted by molar-refractivity contribution is 0.0968. The van der Waals surface area contributed by atoms with Crippen LogP contribution in [0, 0.1) is 0 Å². The summed E-state index contributed by atoms with van der Waals surface area (Å²) in [6.45, 7) is 0. The second-order valence-electron chi connectivity index (χ2n) is 6.17. The highest BCUT2D eigenvalue weighted by molar-refractivity contribution is 8.03. The smallest absolute Gasteiger partial charge is 0.256 e. The molecular formula is C20H19N3O5S. The van der Waals surface area contributed by atoms with Gasteiger partial charge >= 0.3 is 0 Å². The Balaban J connectivity index is 1.48. The Hall–Kier alpha value is -3.20. The number of hydrogen-bond acceptors (Lipinski definition) is 8. The first kappa shape index (κ1) is 19.1. The monoisotopic (exact) mass is 413 g/mol. The molecule has 0 saturated carbocycles. The lowest BCUT2D eigenvalue weighted by Crippen LogP contribution is -2.21. The summed E-state index contributed by atoms with van der Waals surface area (Å²) in [7, 11) is 4.53. The van der Waals surface area contributed by atoms with Crippen LogP contribution in [0.2, 0.25) is 0 Å². The van der Waals surface area contributed by atoms with Crippen LogP contribution in [0.1, 0.15) is 27.9 Å². The lowest BCUT2D eigenvalue weighted by atomic mass is 10.1. The molecule has 0 bridgehead atoms. The van der Waals surface area contributed by atoms with Gasteiger partial charge in [-0.3, -0.25) is 9.78 Å². The van der Waals surface area contributed by atoms with Crippen LogP contribution in [0.15, 0.2) is 46.1 Å². The molecule has 1 atom stereocenters. The fraction of sp³-hybridized carbons (Fsp3) is 0.250. The fourth-order valence-electron chi connectivity index (χ4n) is 3.03. The van der Waals surface area contributed by atoms with Gasteiger partial charge in [0.1, 0.15) is 5.52 Å². The molecule has 150 valence electrons. The van der Waals surface area contributed by atoms with Crippen LogP contribution < -0.4 is 19.5 Å². The van der Waals surface area contributed by atoms with Crippen molar-refractivity contribution in [2.24, 2.45) is 0 Å². The summed E-state index contributed by atoms with van der Waals surface area (Å²) in [6, 6.07) is 5.01. The Morgan fingerprint density at radius 3 is 2.62 bits per heavy atom. The van der Waals surface area contributed by atoms with Gasteiger partial charge in [0.15, 0.2) is 17.1 Å². The number of ether oxygens (including phenoxy) is 3. The number of nitrogens with one attached hydrogen (secondary N) is 1. The number of rotatable bonds is 6. The molecule has 1 unspecified atom stereocenters. The Labute approximate surface area is 171 Å². The number of nitrogens with zero attached hydrogens (tertiary/aromatic N) is 2. The summed E-state index contributed by atoms with van der Waals surface area (Å²) < 4.78 is 21.7. The highest BCUT2D eigenvalue weighted by Crippen LogP contribution is 2.43. The summed E-state index contributed by atoms with van der Waals surface area (Å²) in [5, 5.41) is 3.66. The highest BCUT2D eigenvalue weighted by atomic mass is 32.2. The molecule has 4 rings (SSSR count). The quantitative estimate of drug-likeness (QED) is 0.654. The van der Waals surface area contributed by atoms with E-state index in [4.69, 9.17) is 18.6 Å². The Morgan fingerprint density at radius 2 is 1.97 bits per heavy atom. The summed E-state index contributed by atoms with van der Waals surface area (Å²) in [6.07, 6.45) is 6.00. The molecule has 1 aromatic carbocycles. The number of hydrogen-bond donors (Lipinski definition) is 1. The van der Waals surface area contributed by atoms with Crippen LogP contribution in [-0.2, 0) is 0 Å². The molecular weight excluding hydrogens is 394 g/mol. The van der Waals surface area contributed by atoms with Gasteiger partial charge in [0.25, 0.3) is 5.91 Å². The van der Waals surface area contributed by atoms with Crippen LogP contribution in [0.25, 0.3) is 11.1 Å². The third-order valence-corrected chi connectivity index (χ3v) is 5.63. The molecule has 3 heterocycles. The molecule has 2 aromatic heterocycles. The Kier molecular flexibility index (Phi) is 5.30. The number of allylic oxidation sites excluding steroid dienone is 1. The van der Waals surface area contributed by atoms with E-state index < -0.39 is 0 Å². The molecule has 0 radical (unpaired) electrons. The maximum Gasteiger partial charge on any atom is 0.256 e. The lowest BCUT2D eigenvalue weighted by Gasteiger charge is -2.14. The normalized spacial score (nSPS) is 15.8. The van der Waals surface area contributed by atoms with Gasteiger partial charge < -0.3 is 23.9 Å². The number of amides is 1. The maximum atomic E-state index is 12.8. The van der Waals surface area contributed by atoms with Crippen molar-refractivity contribution in [2.45, 2.75) is 11.7 Å². The van der Waals surface area contributed by atoms with Gasteiger partial charge in [0, 0.05) is 17.8 Å². The number of fused-ring (bicyclic) bond motifs is 1. The van der Waals surface area contributed by atoms with Gasteiger partial charge in [-0.1, -0.05) is 17.8 Å². The number of methoxy groups -OCH3 is 3. The van der Waals surface area contributed by atoms with Crippen LogP contribution in [0.5, 0.6) is 17.2 Å². The van der Waals surface area contributed by atoms with Gasteiger partial charge in [-0.15, -0.1) is 0 Å². The fourth-order valence-corrected chi connectivity index (χ4v) is 4.07. The zero-order valence-electron chi connectivity index (χ0n) is 16.1.